The monoisotopic (exact) mass is 722 g/mol. The highest BCUT2D eigenvalue weighted by Gasteiger charge is 2.22. The summed E-state index contributed by atoms with van der Waals surface area (Å²) in [7, 11) is -4.78. The highest BCUT2D eigenvalue weighted by atomic mass is 31.2. The van der Waals surface area contributed by atoms with Crippen molar-refractivity contribution in [1.29, 1.82) is 0 Å². The lowest BCUT2D eigenvalue weighted by Gasteiger charge is -2.18. The first kappa shape index (κ1) is 47.4. The fraction of sp³-hybridized carbons (Fsp3) is 0.650. The molecule has 0 aliphatic carbocycles. The average molecular weight is 723 g/mol. The lowest BCUT2D eigenvalue weighted by atomic mass is 10.0. The van der Waals surface area contributed by atoms with Crippen molar-refractivity contribution >= 4 is 19.8 Å². The van der Waals surface area contributed by atoms with Gasteiger partial charge in [-0.25, -0.2) is 4.57 Å². The van der Waals surface area contributed by atoms with Gasteiger partial charge in [0, 0.05) is 12.8 Å². The molecular formula is C40H67O9P. The zero-order chi connectivity index (χ0) is 37.0. The second kappa shape index (κ2) is 34.9. The van der Waals surface area contributed by atoms with Crippen molar-refractivity contribution in [3.05, 3.63) is 72.9 Å². The highest BCUT2D eigenvalue weighted by Crippen LogP contribution is 2.36. The van der Waals surface area contributed by atoms with Crippen molar-refractivity contribution in [2.24, 2.45) is 0 Å². The van der Waals surface area contributed by atoms with E-state index < -0.39 is 38.6 Å². The lowest BCUT2D eigenvalue weighted by molar-refractivity contribution is -0.161. The molecule has 0 aliphatic heterocycles. The maximum atomic E-state index is 12.3. The summed E-state index contributed by atoms with van der Waals surface area (Å²) in [6.45, 7) is 3.38. The minimum absolute atomic E-state index is 0.124. The maximum Gasteiger partial charge on any atom is 0.469 e. The van der Waals surface area contributed by atoms with Gasteiger partial charge < -0.3 is 24.4 Å². The Bertz CT molecular complexity index is 1060. The van der Waals surface area contributed by atoms with Gasteiger partial charge in [-0.3, -0.25) is 14.1 Å². The molecule has 0 aromatic rings. The predicted octanol–water partition coefficient (Wildman–Crippen LogP) is 10.1. The SMILES string of the molecule is CC/C=C\CC(O)/C=C/C=C/C/C=C\C/C=C\C/C=C\CCC(=O)OC[C@H](COP(=O)(O)O)OC(=O)CCCCCCCCCCCCCC. The maximum absolute atomic E-state index is 12.3. The Hall–Kier alpha value is -2.55. The fourth-order valence-electron chi connectivity index (χ4n) is 4.78. The van der Waals surface area contributed by atoms with E-state index in [2.05, 4.69) is 36.6 Å². The first-order valence-electron chi connectivity index (χ1n) is 18.8. The summed E-state index contributed by atoms with van der Waals surface area (Å²) in [6.07, 6.45) is 41.1. The van der Waals surface area contributed by atoms with Gasteiger partial charge in [0.1, 0.15) is 6.61 Å². The Kier molecular flexibility index (Phi) is 33.1. The number of esters is 2. The van der Waals surface area contributed by atoms with Crippen LogP contribution in [0.5, 0.6) is 0 Å². The molecule has 2 atom stereocenters. The molecule has 0 saturated carbocycles. The van der Waals surface area contributed by atoms with E-state index in [1.807, 2.05) is 48.6 Å². The van der Waals surface area contributed by atoms with Crippen LogP contribution in [-0.2, 0) is 28.2 Å². The molecule has 0 spiro atoms. The molecule has 50 heavy (non-hydrogen) atoms. The molecule has 0 amide bonds. The number of hydrogen-bond donors (Lipinski definition) is 3. The van der Waals surface area contributed by atoms with Crippen LogP contribution in [0.1, 0.15) is 142 Å². The number of rotatable bonds is 33. The molecule has 0 rings (SSSR count). The number of unbranched alkanes of at least 4 members (excludes halogenated alkanes) is 11. The van der Waals surface area contributed by atoms with Crippen LogP contribution < -0.4 is 0 Å². The van der Waals surface area contributed by atoms with Gasteiger partial charge in [0.2, 0.25) is 0 Å². The van der Waals surface area contributed by atoms with Crippen LogP contribution in [-0.4, -0.2) is 52.3 Å². The summed E-state index contributed by atoms with van der Waals surface area (Å²) in [5.41, 5.74) is 0. The topological polar surface area (TPSA) is 140 Å². The van der Waals surface area contributed by atoms with Crippen molar-refractivity contribution in [1.82, 2.24) is 0 Å². The number of hydrogen-bond acceptors (Lipinski definition) is 7. The molecule has 0 fully saturated rings. The zero-order valence-corrected chi connectivity index (χ0v) is 31.8. The summed E-state index contributed by atoms with van der Waals surface area (Å²) in [6, 6.07) is 0. The minimum atomic E-state index is -4.78. The van der Waals surface area contributed by atoms with Crippen LogP contribution in [0, 0.1) is 0 Å². The molecule has 286 valence electrons. The van der Waals surface area contributed by atoms with Crippen molar-refractivity contribution < 1.29 is 43.0 Å². The smallest absolute Gasteiger partial charge is 0.462 e. The number of phosphoric acid groups is 1. The summed E-state index contributed by atoms with van der Waals surface area (Å²) >= 11 is 0. The average Bonchev–Trinajstić information content (AvgIpc) is 3.07. The third-order valence-electron chi connectivity index (χ3n) is 7.58. The number of ether oxygens (including phenoxy) is 2. The molecule has 10 heteroatoms. The van der Waals surface area contributed by atoms with Gasteiger partial charge in [-0.1, -0.05) is 157 Å². The van der Waals surface area contributed by atoms with Crippen molar-refractivity contribution in [2.75, 3.05) is 13.2 Å². The Labute approximate surface area is 302 Å². The first-order chi connectivity index (χ1) is 24.2. The first-order valence-corrected chi connectivity index (χ1v) is 20.4. The van der Waals surface area contributed by atoms with Crippen LogP contribution in [0.2, 0.25) is 0 Å². The predicted molar refractivity (Wildman–Crippen MR) is 203 cm³/mol. The Morgan fingerprint density at radius 1 is 0.640 bits per heavy atom. The van der Waals surface area contributed by atoms with Crippen LogP contribution >= 0.6 is 7.82 Å². The zero-order valence-electron chi connectivity index (χ0n) is 30.9. The molecule has 0 saturated heterocycles. The fourth-order valence-corrected chi connectivity index (χ4v) is 5.14. The van der Waals surface area contributed by atoms with Gasteiger partial charge in [-0.05, 0) is 44.9 Å². The number of carbonyl (C=O) groups is 2. The van der Waals surface area contributed by atoms with Gasteiger partial charge in [0.05, 0.1) is 12.7 Å². The van der Waals surface area contributed by atoms with Crippen molar-refractivity contribution in [3.63, 3.8) is 0 Å². The number of allylic oxidation sites excluding steroid dienone is 10. The van der Waals surface area contributed by atoms with Crippen LogP contribution in [0.4, 0.5) is 0 Å². The van der Waals surface area contributed by atoms with E-state index in [-0.39, 0.29) is 19.4 Å². The quantitative estimate of drug-likeness (QED) is 0.0198. The largest absolute Gasteiger partial charge is 0.469 e. The summed E-state index contributed by atoms with van der Waals surface area (Å²) in [4.78, 5) is 42.6. The van der Waals surface area contributed by atoms with Crippen molar-refractivity contribution in [2.45, 2.75) is 154 Å². The van der Waals surface area contributed by atoms with Crippen LogP contribution in [0.25, 0.3) is 0 Å². The third kappa shape index (κ3) is 36.7. The van der Waals surface area contributed by atoms with E-state index in [1.165, 1.54) is 51.4 Å². The molecule has 3 N–H and O–H groups in total. The van der Waals surface area contributed by atoms with E-state index in [0.29, 0.717) is 19.3 Å². The highest BCUT2D eigenvalue weighted by molar-refractivity contribution is 7.46. The van der Waals surface area contributed by atoms with Gasteiger partial charge in [-0.15, -0.1) is 0 Å². The minimum Gasteiger partial charge on any atom is -0.462 e. The van der Waals surface area contributed by atoms with E-state index in [1.54, 1.807) is 6.08 Å². The number of aliphatic hydroxyl groups excluding tert-OH is 1. The molecule has 9 nitrogen and oxygen atoms in total. The van der Waals surface area contributed by atoms with Crippen LogP contribution in [0.3, 0.4) is 0 Å². The second-order valence-corrected chi connectivity index (χ2v) is 13.6. The number of carbonyl (C=O) groups excluding carboxylic acids is 2. The standard InChI is InChI=1S/C40H67O9P/c1-3-5-7-8-9-10-11-16-20-23-26-30-34-40(43)49-38(36-48-50(44,45)46)35-47-39(42)33-29-25-22-19-17-14-12-13-15-18-21-24-28-32-37(41)31-27-6-4-2/h6,13-15,17,21-22,24-25,27-28,32,37-38,41H,3-5,7-12,16,18-20,23,26,29-31,33-36H2,1-2H3,(H2,44,45,46)/b15-13-,17-14-,24-21+,25-22-,27-6-,32-28+/t37?,38-/m1/s1. The Morgan fingerprint density at radius 3 is 1.78 bits per heavy atom. The molecule has 0 bridgehead atoms. The van der Waals surface area contributed by atoms with Crippen molar-refractivity contribution in [3.8, 4) is 0 Å². The second-order valence-electron chi connectivity index (χ2n) is 12.4. The van der Waals surface area contributed by atoms with Gasteiger partial charge in [0.25, 0.3) is 0 Å². The molecular weight excluding hydrogens is 655 g/mol. The molecule has 0 aromatic carbocycles. The van der Waals surface area contributed by atoms with Gasteiger partial charge in [-0.2, -0.15) is 0 Å². The van der Waals surface area contributed by atoms with Crippen LogP contribution in [0.15, 0.2) is 72.9 Å². The number of phosphoric ester groups is 1. The lowest BCUT2D eigenvalue weighted by Crippen LogP contribution is -2.29. The normalized spacial score (nSPS) is 13.9. The number of aliphatic hydroxyl groups is 1. The van der Waals surface area contributed by atoms with E-state index in [4.69, 9.17) is 19.3 Å². The molecule has 0 aliphatic rings. The van der Waals surface area contributed by atoms with Gasteiger partial charge >= 0.3 is 19.8 Å². The van der Waals surface area contributed by atoms with Gasteiger partial charge in [0.15, 0.2) is 6.10 Å². The molecule has 0 radical (unpaired) electrons. The third-order valence-corrected chi connectivity index (χ3v) is 8.07. The van der Waals surface area contributed by atoms with E-state index in [9.17, 15) is 19.3 Å². The summed E-state index contributed by atoms with van der Waals surface area (Å²) < 4.78 is 26.2. The Morgan fingerprint density at radius 2 is 1.20 bits per heavy atom. The summed E-state index contributed by atoms with van der Waals surface area (Å²) in [5.74, 6) is -1.01. The van der Waals surface area contributed by atoms with E-state index in [0.717, 1.165) is 44.9 Å². The van der Waals surface area contributed by atoms with E-state index >= 15 is 0 Å². The molecule has 0 aromatic heterocycles. The molecule has 1 unspecified atom stereocenters. The Balaban J connectivity index is 4.15. The molecule has 0 heterocycles. The summed E-state index contributed by atoms with van der Waals surface area (Å²) in [5, 5.41) is 9.80.